The molecule has 2 unspecified atom stereocenters. The third-order valence-corrected chi connectivity index (χ3v) is 7.39. The Morgan fingerprint density at radius 3 is 2.71 bits per heavy atom. The summed E-state index contributed by atoms with van der Waals surface area (Å²) >= 11 is 0. The first-order valence-electron chi connectivity index (χ1n) is 11.7. The predicted molar refractivity (Wildman–Crippen MR) is 123 cm³/mol. The molecule has 5 heterocycles. The minimum absolute atomic E-state index is 0.104. The fourth-order valence-electron chi connectivity index (χ4n) is 5.69. The largest absolute Gasteiger partial charge is 0.465 e. The predicted octanol–water partition coefficient (Wildman–Crippen LogP) is 3.22. The molecule has 4 atom stereocenters. The van der Waals surface area contributed by atoms with Crippen LogP contribution in [-0.4, -0.2) is 80.4 Å². The van der Waals surface area contributed by atoms with Gasteiger partial charge in [0.05, 0.1) is 37.0 Å². The molecule has 3 aromatic rings. The summed E-state index contributed by atoms with van der Waals surface area (Å²) in [6, 6.07) is 6.32. The van der Waals surface area contributed by atoms with Crippen LogP contribution in [0.3, 0.4) is 0 Å². The van der Waals surface area contributed by atoms with E-state index in [1.165, 1.54) is 0 Å². The van der Waals surface area contributed by atoms with Gasteiger partial charge in [-0.2, -0.15) is 5.10 Å². The maximum atomic E-state index is 15.1. The molecule has 34 heavy (non-hydrogen) atoms. The van der Waals surface area contributed by atoms with E-state index in [-0.39, 0.29) is 18.6 Å². The molecular weight excluding hydrogens is 439 g/mol. The zero-order valence-corrected chi connectivity index (χ0v) is 19.2. The fraction of sp³-hybridized carbons (Fsp3) is 0.500. The van der Waals surface area contributed by atoms with Crippen molar-refractivity contribution in [2.24, 2.45) is 0 Å². The van der Waals surface area contributed by atoms with Crippen LogP contribution < -0.4 is 4.90 Å². The number of nitrogens with zero attached hydrogens (tertiary/aromatic N) is 6. The van der Waals surface area contributed by atoms with Crippen molar-refractivity contribution in [3.63, 3.8) is 0 Å². The molecule has 0 radical (unpaired) electrons. The van der Waals surface area contributed by atoms with E-state index < -0.39 is 12.3 Å². The van der Waals surface area contributed by atoms with Crippen LogP contribution >= 0.6 is 0 Å². The van der Waals surface area contributed by atoms with Crippen molar-refractivity contribution in [3.05, 3.63) is 41.3 Å². The number of hydrogen-bond donors (Lipinski definition) is 1. The van der Waals surface area contributed by atoms with Crippen molar-refractivity contribution in [1.29, 1.82) is 0 Å². The highest BCUT2D eigenvalue weighted by atomic mass is 19.1. The van der Waals surface area contributed by atoms with Gasteiger partial charge >= 0.3 is 6.09 Å². The van der Waals surface area contributed by atoms with Crippen molar-refractivity contribution in [3.8, 4) is 5.82 Å². The molecule has 0 aliphatic carbocycles. The average Bonchev–Trinajstić information content (AvgIpc) is 3.54. The number of amides is 1. The van der Waals surface area contributed by atoms with Crippen LogP contribution in [0.4, 0.5) is 15.0 Å². The van der Waals surface area contributed by atoms with Gasteiger partial charge in [0.15, 0.2) is 5.82 Å². The van der Waals surface area contributed by atoms with Crippen LogP contribution in [0.25, 0.3) is 16.7 Å². The third kappa shape index (κ3) is 3.48. The molecule has 0 saturated carbocycles. The molecule has 1 amide bonds. The van der Waals surface area contributed by atoms with Crippen molar-refractivity contribution >= 4 is 22.8 Å². The SMILES string of the molecule is Cc1nc(N2C[C@@H]3C[C@H]2CO3)cc(-n2ncc3cc(C)c(C4CCN(C(=O)O)CC4F)cc32)n1. The van der Waals surface area contributed by atoms with Gasteiger partial charge in [-0.15, -0.1) is 0 Å². The normalized spacial score (nSPS) is 26.6. The van der Waals surface area contributed by atoms with Gasteiger partial charge in [0.1, 0.15) is 17.8 Å². The number of morpholine rings is 1. The van der Waals surface area contributed by atoms with Crippen LogP contribution in [-0.2, 0) is 4.74 Å². The first kappa shape index (κ1) is 21.3. The van der Waals surface area contributed by atoms with Crippen molar-refractivity contribution in [2.75, 3.05) is 31.1 Å². The number of ether oxygens (including phenoxy) is 1. The molecule has 1 aromatic carbocycles. The van der Waals surface area contributed by atoms with E-state index in [9.17, 15) is 9.90 Å². The number of anilines is 1. The topological polar surface area (TPSA) is 96.6 Å². The van der Waals surface area contributed by atoms with Crippen LogP contribution in [0.15, 0.2) is 24.4 Å². The molecule has 2 aromatic heterocycles. The van der Waals surface area contributed by atoms with Gasteiger partial charge in [0.25, 0.3) is 0 Å². The highest BCUT2D eigenvalue weighted by Crippen LogP contribution is 2.36. The summed E-state index contributed by atoms with van der Waals surface area (Å²) in [5.41, 5.74) is 2.73. The Bertz CT molecular complexity index is 1280. The number of likely N-dealkylation sites (tertiary alicyclic amines) is 1. The second kappa shape index (κ2) is 7.90. The van der Waals surface area contributed by atoms with Gasteiger partial charge in [-0.25, -0.2) is 23.8 Å². The Balaban J connectivity index is 1.37. The molecular formula is C24H27FN6O3. The molecule has 10 heteroatoms. The molecule has 3 aliphatic heterocycles. The number of benzene rings is 1. The minimum atomic E-state index is -1.25. The lowest BCUT2D eigenvalue weighted by atomic mass is 9.85. The second-order valence-corrected chi connectivity index (χ2v) is 9.59. The zero-order chi connectivity index (χ0) is 23.6. The number of piperidine rings is 1. The Labute approximate surface area is 196 Å². The molecule has 0 spiro atoms. The molecule has 2 bridgehead atoms. The number of aromatic nitrogens is 4. The van der Waals surface area contributed by atoms with Gasteiger partial charge in [-0.1, -0.05) is 0 Å². The minimum Gasteiger partial charge on any atom is -0.465 e. The maximum Gasteiger partial charge on any atom is 0.407 e. The summed E-state index contributed by atoms with van der Waals surface area (Å²) in [4.78, 5) is 24.0. The lowest BCUT2D eigenvalue weighted by molar-refractivity contribution is 0.0962. The number of rotatable bonds is 3. The average molecular weight is 467 g/mol. The summed E-state index contributed by atoms with van der Waals surface area (Å²) in [6.07, 6.45) is 1.22. The molecule has 1 N–H and O–H groups in total. The Kier molecular flexibility index (Phi) is 4.94. The van der Waals surface area contributed by atoms with Crippen molar-refractivity contribution in [2.45, 2.75) is 50.9 Å². The molecule has 3 aliphatic rings. The van der Waals surface area contributed by atoms with E-state index in [0.717, 1.165) is 52.3 Å². The molecule has 3 fully saturated rings. The van der Waals surface area contributed by atoms with Crippen molar-refractivity contribution < 1.29 is 19.0 Å². The highest BCUT2D eigenvalue weighted by Gasteiger charge is 2.40. The summed E-state index contributed by atoms with van der Waals surface area (Å²) < 4.78 is 22.6. The lowest BCUT2D eigenvalue weighted by Gasteiger charge is -2.34. The molecule has 6 rings (SSSR count). The number of carbonyl (C=O) groups is 1. The van der Waals surface area contributed by atoms with Gasteiger partial charge in [0.2, 0.25) is 0 Å². The quantitative estimate of drug-likeness (QED) is 0.633. The van der Waals surface area contributed by atoms with E-state index in [0.29, 0.717) is 30.6 Å². The summed E-state index contributed by atoms with van der Waals surface area (Å²) in [7, 11) is 0. The Morgan fingerprint density at radius 2 is 2.00 bits per heavy atom. The summed E-state index contributed by atoms with van der Waals surface area (Å²) in [6.45, 7) is 5.63. The van der Waals surface area contributed by atoms with Gasteiger partial charge in [-0.3, -0.25) is 0 Å². The summed E-state index contributed by atoms with van der Waals surface area (Å²) in [5, 5.41) is 14.8. The second-order valence-electron chi connectivity index (χ2n) is 9.59. The number of hydrogen-bond acceptors (Lipinski definition) is 6. The van der Waals surface area contributed by atoms with Crippen LogP contribution in [0.2, 0.25) is 0 Å². The van der Waals surface area contributed by atoms with E-state index in [4.69, 9.17) is 4.74 Å². The smallest absolute Gasteiger partial charge is 0.407 e. The van der Waals surface area contributed by atoms with Crippen LogP contribution in [0.5, 0.6) is 0 Å². The van der Waals surface area contributed by atoms with Gasteiger partial charge < -0.3 is 19.6 Å². The number of halogens is 1. The standard InChI is InChI=1S/C24H27FN6O3/c1-13-5-15-9-26-31(21(15)7-19(13)18-3-4-29(24(32)33)11-20(18)25)23-8-22(27-14(2)28-23)30-10-17-6-16(30)12-34-17/h5,7-9,16-18,20H,3-4,6,10-12H2,1-2H3,(H,32,33)/t16-,17-,18?,20?/m0/s1. The lowest BCUT2D eigenvalue weighted by Crippen LogP contribution is -2.43. The number of carboxylic acid groups (broad SMARTS) is 1. The first-order chi connectivity index (χ1) is 16.4. The number of fused-ring (bicyclic) bond motifs is 3. The van der Waals surface area contributed by atoms with E-state index in [2.05, 4.69) is 20.0 Å². The van der Waals surface area contributed by atoms with Crippen LogP contribution in [0.1, 0.15) is 35.7 Å². The third-order valence-electron chi connectivity index (χ3n) is 7.39. The summed E-state index contributed by atoms with van der Waals surface area (Å²) in [5.74, 6) is 1.86. The zero-order valence-electron chi connectivity index (χ0n) is 19.2. The van der Waals surface area contributed by atoms with Crippen LogP contribution in [0, 0.1) is 13.8 Å². The van der Waals surface area contributed by atoms with E-state index in [1.54, 1.807) is 10.9 Å². The maximum absolute atomic E-state index is 15.1. The monoisotopic (exact) mass is 466 g/mol. The number of aryl methyl sites for hydroxylation is 2. The van der Waals surface area contributed by atoms with Gasteiger partial charge in [0, 0.05) is 30.5 Å². The Morgan fingerprint density at radius 1 is 1.18 bits per heavy atom. The van der Waals surface area contributed by atoms with Gasteiger partial charge in [-0.05, 0) is 49.9 Å². The molecule has 178 valence electrons. The number of alkyl halides is 1. The Hall–Kier alpha value is -3.27. The molecule has 3 saturated heterocycles. The molecule has 9 nitrogen and oxygen atoms in total. The fourth-order valence-corrected chi connectivity index (χ4v) is 5.69. The highest BCUT2D eigenvalue weighted by molar-refractivity contribution is 5.82. The van der Waals surface area contributed by atoms with E-state index >= 15 is 4.39 Å². The first-order valence-corrected chi connectivity index (χ1v) is 11.7. The van der Waals surface area contributed by atoms with E-state index in [1.807, 2.05) is 32.0 Å². The van der Waals surface area contributed by atoms with Crippen molar-refractivity contribution in [1.82, 2.24) is 24.6 Å².